The van der Waals surface area contributed by atoms with Crippen molar-refractivity contribution >= 4 is 63.1 Å². The molecule has 1 amide bonds. The van der Waals surface area contributed by atoms with Gasteiger partial charge in [0.15, 0.2) is 5.65 Å². The highest BCUT2D eigenvalue weighted by molar-refractivity contribution is 6.30. The Kier molecular flexibility index (Phi) is 5.55. The summed E-state index contributed by atoms with van der Waals surface area (Å²) < 4.78 is 1.30. The number of para-hydroxylation sites is 2. The van der Waals surface area contributed by atoms with Crippen molar-refractivity contribution in [2.24, 2.45) is 5.10 Å². The van der Waals surface area contributed by atoms with Crippen molar-refractivity contribution in [3.05, 3.63) is 99.1 Å². The van der Waals surface area contributed by atoms with Crippen LogP contribution >= 0.6 is 11.6 Å². The Morgan fingerprint density at radius 2 is 1.77 bits per heavy atom. The van der Waals surface area contributed by atoms with Gasteiger partial charge in [0, 0.05) is 28.4 Å². The molecule has 3 N–H and O–H groups in total. The molecule has 0 aliphatic heterocycles. The largest absolute Gasteiger partial charge is 0.383 e. The van der Waals surface area contributed by atoms with Crippen molar-refractivity contribution in [3.63, 3.8) is 0 Å². The Morgan fingerprint density at radius 3 is 2.49 bits per heavy atom. The zero-order valence-corrected chi connectivity index (χ0v) is 18.7. The Balaban J connectivity index is 1.64. The zero-order valence-electron chi connectivity index (χ0n) is 17.9. The molecule has 5 rings (SSSR count). The number of fused-ring (bicyclic) bond motifs is 2. The first-order valence-corrected chi connectivity index (χ1v) is 10.7. The van der Waals surface area contributed by atoms with Crippen LogP contribution in [0, 0.1) is 10.1 Å². The number of nitro benzene ring substituents is 1. The number of nitro groups is 1. The van der Waals surface area contributed by atoms with Gasteiger partial charge in [-0.25, -0.2) is 9.97 Å². The molecule has 0 atom stereocenters. The van der Waals surface area contributed by atoms with E-state index in [1.54, 1.807) is 48.5 Å². The van der Waals surface area contributed by atoms with Crippen LogP contribution in [0.5, 0.6) is 0 Å². The van der Waals surface area contributed by atoms with E-state index >= 15 is 0 Å². The predicted molar refractivity (Wildman–Crippen MR) is 135 cm³/mol. The van der Waals surface area contributed by atoms with Crippen LogP contribution in [0.15, 0.2) is 77.9 Å². The maximum absolute atomic E-state index is 13.2. The minimum atomic E-state index is -0.497. The summed E-state index contributed by atoms with van der Waals surface area (Å²) in [6, 6.07) is 19.8. The molecule has 0 spiro atoms. The number of hydrogen-bond donors (Lipinski definition) is 2. The molecular weight excluding hydrogens is 470 g/mol. The van der Waals surface area contributed by atoms with Gasteiger partial charge >= 0.3 is 0 Å². The maximum Gasteiger partial charge on any atom is 0.270 e. The SMILES string of the molecule is Nc1c(C(=O)Nc2ccc(Cl)cc2)c2nc3ccccc3nc2n1/N=C\c1cccc([N+](=O)[O-])c1. The Labute approximate surface area is 202 Å². The number of hydrogen-bond acceptors (Lipinski definition) is 7. The normalized spacial score (nSPS) is 11.3. The number of nitrogens with two attached hydrogens (primary N) is 1. The van der Waals surface area contributed by atoms with Crippen LogP contribution in [-0.2, 0) is 0 Å². The fraction of sp³-hybridized carbons (Fsp3) is 0. The van der Waals surface area contributed by atoms with E-state index in [9.17, 15) is 14.9 Å². The maximum atomic E-state index is 13.2. The lowest BCUT2D eigenvalue weighted by atomic mass is 10.2. The number of carbonyl (C=O) groups excluding carboxylic acids is 1. The monoisotopic (exact) mass is 485 g/mol. The molecule has 0 saturated heterocycles. The number of nitrogen functional groups attached to an aromatic ring is 1. The lowest BCUT2D eigenvalue weighted by molar-refractivity contribution is -0.384. The van der Waals surface area contributed by atoms with Crippen LogP contribution in [0.1, 0.15) is 15.9 Å². The summed E-state index contributed by atoms with van der Waals surface area (Å²) in [7, 11) is 0. The van der Waals surface area contributed by atoms with Gasteiger partial charge in [-0.1, -0.05) is 35.9 Å². The van der Waals surface area contributed by atoms with Gasteiger partial charge in [-0.2, -0.15) is 9.78 Å². The third-order valence-electron chi connectivity index (χ3n) is 5.21. The third-order valence-corrected chi connectivity index (χ3v) is 5.46. The Morgan fingerprint density at radius 1 is 1.06 bits per heavy atom. The summed E-state index contributed by atoms with van der Waals surface area (Å²) in [4.78, 5) is 33.1. The van der Waals surface area contributed by atoms with Crippen molar-refractivity contribution in [1.82, 2.24) is 14.6 Å². The van der Waals surface area contributed by atoms with Crippen molar-refractivity contribution in [1.29, 1.82) is 0 Å². The number of rotatable bonds is 5. The summed E-state index contributed by atoms with van der Waals surface area (Å²) >= 11 is 5.93. The summed E-state index contributed by atoms with van der Waals surface area (Å²) in [5.41, 5.74) is 9.11. The minimum Gasteiger partial charge on any atom is -0.383 e. The van der Waals surface area contributed by atoms with E-state index in [1.807, 2.05) is 12.1 Å². The molecule has 0 bridgehead atoms. The molecule has 5 aromatic rings. The smallest absolute Gasteiger partial charge is 0.270 e. The number of carbonyl (C=O) groups is 1. The van der Waals surface area contributed by atoms with Crippen LogP contribution < -0.4 is 11.1 Å². The number of benzene rings is 3. The first kappa shape index (κ1) is 22.0. The van der Waals surface area contributed by atoms with Gasteiger partial charge in [-0.3, -0.25) is 14.9 Å². The summed E-state index contributed by atoms with van der Waals surface area (Å²) in [6.45, 7) is 0. The molecule has 0 radical (unpaired) electrons. The van der Waals surface area contributed by atoms with E-state index in [0.717, 1.165) is 0 Å². The van der Waals surface area contributed by atoms with E-state index in [4.69, 9.17) is 17.3 Å². The van der Waals surface area contributed by atoms with Gasteiger partial charge in [0.05, 0.1) is 22.2 Å². The first-order valence-electron chi connectivity index (χ1n) is 10.3. The quantitative estimate of drug-likeness (QED) is 0.207. The van der Waals surface area contributed by atoms with Crippen LogP contribution in [0.2, 0.25) is 5.02 Å². The van der Waals surface area contributed by atoms with Crippen molar-refractivity contribution in [2.75, 3.05) is 11.1 Å². The molecule has 0 unspecified atom stereocenters. The van der Waals surface area contributed by atoms with Gasteiger partial charge in [-0.05, 0) is 36.4 Å². The topological polar surface area (TPSA) is 141 Å². The molecule has 2 heterocycles. The molecular formula is C24H16ClN7O3. The lowest BCUT2D eigenvalue weighted by Crippen LogP contribution is -2.14. The highest BCUT2D eigenvalue weighted by Crippen LogP contribution is 2.29. The molecule has 10 nitrogen and oxygen atoms in total. The van der Waals surface area contributed by atoms with Gasteiger partial charge in [-0.15, -0.1) is 0 Å². The van der Waals surface area contributed by atoms with Crippen LogP contribution in [0.4, 0.5) is 17.2 Å². The van der Waals surface area contributed by atoms with Crippen molar-refractivity contribution < 1.29 is 9.72 Å². The van der Waals surface area contributed by atoms with Crippen LogP contribution in [-0.4, -0.2) is 31.7 Å². The van der Waals surface area contributed by atoms with Crippen LogP contribution in [0.25, 0.3) is 22.2 Å². The van der Waals surface area contributed by atoms with E-state index in [1.165, 1.54) is 23.0 Å². The lowest BCUT2D eigenvalue weighted by Gasteiger charge is -2.05. The van der Waals surface area contributed by atoms with Crippen LogP contribution in [0.3, 0.4) is 0 Å². The second-order valence-corrected chi connectivity index (χ2v) is 7.95. The number of non-ortho nitro benzene ring substituents is 1. The standard InChI is InChI=1S/C24H16ClN7O3/c25-15-8-10-16(11-9-15)28-24(33)20-21-23(30-19-7-2-1-6-18(19)29-21)31(22(20)26)27-13-14-4-3-5-17(12-14)32(34)35/h1-13H,26H2,(H,28,33)/b27-13-. The number of amides is 1. The van der Waals surface area contributed by atoms with Gasteiger partial charge in [0.25, 0.3) is 11.6 Å². The average Bonchev–Trinajstić information content (AvgIpc) is 3.12. The van der Waals surface area contributed by atoms with E-state index in [0.29, 0.717) is 27.3 Å². The first-order chi connectivity index (χ1) is 16.9. The fourth-order valence-corrected chi connectivity index (χ4v) is 3.68. The van der Waals surface area contributed by atoms with Gasteiger partial charge < -0.3 is 11.1 Å². The Hall–Kier alpha value is -4.83. The highest BCUT2D eigenvalue weighted by atomic mass is 35.5. The molecule has 0 saturated carbocycles. The molecule has 0 aliphatic carbocycles. The molecule has 35 heavy (non-hydrogen) atoms. The molecule has 0 aliphatic rings. The zero-order chi connectivity index (χ0) is 24.5. The molecule has 11 heteroatoms. The van der Waals surface area contributed by atoms with Crippen molar-refractivity contribution in [3.8, 4) is 0 Å². The average molecular weight is 486 g/mol. The second kappa shape index (κ2) is 8.84. The fourth-order valence-electron chi connectivity index (χ4n) is 3.56. The summed E-state index contributed by atoms with van der Waals surface area (Å²) in [5, 5.41) is 18.8. The van der Waals surface area contributed by atoms with Gasteiger partial charge in [0.1, 0.15) is 16.9 Å². The number of aromatic nitrogens is 3. The third kappa shape index (κ3) is 4.25. The molecule has 0 fully saturated rings. The van der Waals surface area contributed by atoms with E-state index < -0.39 is 10.8 Å². The second-order valence-electron chi connectivity index (χ2n) is 7.51. The molecule has 172 valence electrons. The number of halogens is 1. The number of anilines is 2. The summed E-state index contributed by atoms with van der Waals surface area (Å²) in [5.74, 6) is -0.479. The van der Waals surface area contributed by atoms with Crippen molar-refractivity contribution in [2.45, 2.75) is 0 Å². The predicted octanol–water partition coefficient (Wildman–Crippen LogP) is 4.86. The number of nitrogens with one attached hydrogen (secondary N) is 1. The highest BCUT2D eigenvalue weighted by Gasteiger charge is 2.24. The minimum absolute atomic E-state index is 0.0171. The van der Waals surface area contributed by atoms with E-state index in [-0.39, 0.29) is 28.2 Å². The molecule has 3 aromatic carbocycles. The Bertz CT molecular complexity index is 1650. The summed E-state index contributed by atoms with van der Waals surface area (Å²) in [6.07, 6.45) is 1.40. The molecule has 2 aromatic heterocycles. The van der Waals surface area contributed by atoms with Gasteiger partial charge in [0.2, 0.25) is 0 Å². The number of nitrogens with zero attached hydrogens (tertiary/aromatic N) is 5. The van der Waals surface area contributed by atoms with E-state index in [2.05, 4.69) is 20.4 Å².